The van der Waals surface area contributed by atoms with Crippen LogP contribution in [0.1, 0.15) is 31.7 Å². The maximum Gasteiger partial charge on any atom is 0.407 e. The number of hydrogen-bond acceptors (Lipinski definition) is 10. The van der Waals surface area contributed by atoms with E-state index in [0.717, 1.165) is 12.0 Å². The molecule has 3 aliphatic rings. The summed E-state index contributed by atoms with van der Waals surface area (Å²) in [6, 6.07) is 15.1. The van der Waals surface area contributed by atoms with Crippen molar-refractivity contribution >= 4 is 16.1 Å². The number of rotatable bonds is 14. The number of ether oxygens (including phenoxy) is 3. The summed E-state index contributed by atoms with van der Waals surface area (Å²) in [6.45, 7) is 5.29. The monoisotopic (exact) mass is 682 g/mol. The van der Waals surface area contributed by atoms with E-state index in [4.69, 9.17) is 18.6 Å². The van der Waals surface area contributed by atoms with Crippen LogP contribution in [0.5, 0.6) is 0 Å². The fourth-order valence-electron chi connectivity index (χ4n) is 7.05. The van der Waals surface area contributed by atoms with Gasteiger partial charge in [-0.2, -0.15) is 4.31 Å². The van der Waals surface area contributed by atoms with Gasteiger partial charge in [0.1, 0.15) is 6.10 Å². The molecule has 6 rings (SSSR count). The zero-order valence-electron chi connectivity index (χ0n) is 27.9. The number of fused-ring (bicyclic) bond motifs is 1. The molecule has 2 bridgehead atoms. The van der Waals surface area contributed by atoms with Gasteiger partial charge in [0.15, 0.2) is 12.1 Å². The first kappa shape index (κ1) is 34.5. The van der Waals surface area contributed by atoms with Crippen LogP contribution in [0.4, 0.5) is 4.79 Å². The SMILES string of the molecule is CC(C)CN(C[C@@H](O)[C@H](Cc1ccccc1)NC(=O)OC1C2COC3OCC1C3C2)S(=O)(=O)c1ccc(-c2cnc(CN(C)C)o2)cc1. The van der Waals surface area contributed by atoms with E-state index >= 15 is 0 Å². The largest absolute Gasteiger partial charge is 0.445 e. The predicted octanol–water partition coefficient (Wildman–Crippen LogP) is 3.76. The number of hydrogen-bond donors (Lipinski definition) is 2. The van der Waals surface area contributed by atoms with Crippen molar-refractivity contribution in [1.29, 1.82) is 0 Å². The van der Waals surface area contributed by atoms with Crippen LogP contribution in [-0.2, 0) is 37.2 Å². The Kier molecular flexibility index (Phi) is 10.5. The van der Waals surface area contributed by atoms with Gasteiger partial charge in [0.25, 0.3) is 0 Å². The van der Waals surface area contributed by atoms with Gasteiger partial charge in [0.05, 0.1) is 43.0 Å². The zero-order valence-corrected chi connectivity index (χ0v) is 28.7. The highest BCUT2D eigenvalue weighted by atomic mass is 32.2. The predicted molar refractivity (Wildman–Crippen MR) is 177 cm³/mol. The Labute approximate surface area is 282 Å². The third-order valence-electron chi connectivity index (χ3n) is 9.34. The van der Waals surface area contributed by atoms with Crippen molar-refractivity contribution in [2.75, 3.05) is 40.4 Å². The van der Waals surface area contributed by atoms with Crippen molar-refractivity contribution in [1.82, 2.24) is 19.5 Å². The smallest absolute Gasteiger partial charge is 0.407 e. The molecule has 0 spiro atoms. The van der Waals surface area contributed by atoms with E-state index in [1.165, 1.54) is 16.4 Å². The number of oxazole rings is 1. The highest BCUT2D eigenvalue weighted by Gasteiger charge is 2.56. The minimum atomic E-state index is -4.02. The van der Waals surface area contributed by atoms with Crippen LogP contribution in [-0.4, -0.2) is 98.7 Å². The molecule has 1 amide bonds. The molecule has 0 radical (unpaired) electrons. The molecule has 2 aromatic carbocycles. The van der Waals surface area contributed by atoms with Crippen LogP contribution in [0, 0.1) is 23.7 Å². The molecule has 13 heteroatoms. The third kappa shape index (κ3) is 7.77. The summed E-state index contributed by atoms with van der Waals surface area (Å²) in [4.78, 5) is 19.7. The first-order valence-electron chi connectivity index (χ1n) is 16.6. The number of alkyl carbamates (subject to hydrolysis) is 1. The Morgan fingerprint density at radius 3 is 2.48 bits per heavy atom. The van der Waals surface area contributed by atoms with Gasteiger partial charge in [-0.15, -0.1) is 0 Å². The molecule has 5 unspecified atom stereocenters. The Morgan fingerprint density at radius 1 is 1.04 bits per heavy atom. The second kappa shape index (κ2) is 14.7. The van der Waals surface area contributed by atoms with Crippen molar-refractivity contribution in [2.24, 2.45) is 23.7 Å². The van der Waals surface area contributed by atoms with E-state index < -0.39 is 28.3 Å². The number of aromatic nitrogens is 1. The first-order chi connectivity index (χ1) is 23.0. The standard InChI is InChI=1S/C35H46N4O8S/c1-22(2)17-39(48(42,43)26-12-10-24(11-13-26)31-16-36-32(46-31)19-38(3)4)18-30(40)29(14-23-8-6-5-7-9-23)37-35(41)47-33-25-15-27-28(33)21-45-34(27)44-20-25/h5-13,16,22,25,27-30,33-34,40H,14-15,17-21H2,1-4H3,(H,37,41)/t25?,27?,28?,29-,30+,33?,34?/m0/s1. The lowest BCUT2D eigenvalue weighted by atomic mass is 9.98. The Morgan fingerprint density at radius 2 is 1.77 bits per heavy atom. The number of carbonyl (C=O) groups is 1. The Bertz CT molecular complexity index is 1630. The van der Waals surface area contributed by atoms with E-state index in [1.54, 1.807) is 18.3 Å². The molecule has 1 aliphatic carbocycles. The lowest BCUT2D eigenvalue weighted by Crippen LogP contribution is -2.52. The number of nitrogens with one attached hydrogen (secondary N) is 1. The summed E-state index contributed by atoms with van der Waals surface area (Å²) in [5, 5.41) is 14.5. The van der Waals surface area contributed by atoms with Crippen molar-refractivity contribution in [2.45, 2.75) is 62.7 Å². The summed E-state index contributed by atoms with van der Waals surface area (Å²) >= 11 is 0. The molecule has 3 aromatic rings. The number of sulfonamides is 1. The van der Waals surface area contributed by atoms with Crippen LogP contribution in [0.15, 0.2) is 70.1 Å². The van der Waals surface area contributed by atoms with Crippen LogP contribution in [0.25, 0.3) is 11.3 Å². The maximum atomic E-state index is 14.0. The number of nitrogens with zero attached hydrogens (tertiary/aromatic N) is 3. The first-order valence-corrected chi connectivity index (χ1v) is 18.0. The summed E-state index contributed by atoms with van der Waals surface area (Å²) in [6.07, 6.45) is 0.342. The van der Waals surface area contributed by atoms with Gasteiger partial charge in [-0.25, -0.2) is 18.2 Å². The van der Waals surface area contributed by atoms with Crippen LogP contribution in [0.3, 0.4) is 0 Å². The van der Waals surface area contributed by atoms with Crippen molar-refractivity contribution in [3.8, 4) is 11.3 Å². The molecule has 7 atom stereocenters. The van der Waals surface area contributed by atoms with Gasteiger partial charge in [-0.1, -0.05) is 44.2 Å². The topological polar surface area (TPSA) is 144 Å². The summed E-state index contributed by atoms with van der Waals surface area (Å²) in [5.41, 5.74) is 1.58. The summed E-state index contributed by atoms with van der Waals surface area (Å²) in [5.74, 6) is 1.47. The Balaban J connectivity index is 1.18. The molecule has 1 aromatic heterocycles. The summed E-state index contributed by atoms with van der Waals surface area (Å²) < 4.78 is 52.7. The van der Waals surface area contributed by atoms with E-state index in [0.29, 0.717) is 37.0 Å². The zero-order chi connectivity index (χ0) is 34.0. The molecule has 1 saturated carbocycles. The lowest BCUT2D eigenvalue weighted by Gasteiger charge is -2.31. The van der Waals surface area contributed by atoms with Crippen LogP contribution < -0.4 is 5.32 Å². The minimum absolute atomic E-state index is 0.0255. The van der Waals surface area contributed by atoms with Crippen LogP contribution in [0.2, 0.25) is 0 Å². The summed E-state index contributed by atoms with van der Waals surface area (Å²) in [7, 11) is -0.180. The van der Waals surface area contributed by atoms with Crippen molar-refractivity contribution in [3.05, 3.63) is 72.2 Å². The fourth-order valence-corrected chi connectivity index (χ4v) is 8.67. The second-order valence-electron chi connectivity index (χ2n) is 13.8. The van der Waals surface area contributed by atoms with Crippen molar-refractivity contribution < 1.29 is 36.9 Å². The Hall–Kier alpha value is -3.33. The highest BCUT2D eigenvalue weighted by molar-refractivity contribution is 7.89. The molecular weight excluding hydrogens is 636 g/mol. The molecule has 3 fully saturated rings. The van der Waals surface area contributed by atoms with E-state index in [9.17, 15) is 18.3 Å². The van der Waals surface area contributed by atoms with Gasteiger partial charge in [0.2, 0.25) is 15.9 Å². The number of aliphatic hydroxyl groups is 1. The molecule has 2 saturated heterocycles. The lowest BCUT2D eigenvalue weighted by molar-refractivity contribution is -0.169. The molecule has 2 aliphatic heterocycles. The molecule has 3 heterocycles. The van der Waals surface area contributed by atoms with E-state index in [2.05, 4.69) is 10.3 Å². The number of benzene rings is 2. The van der Waals surface area contributed by atoms with Crippen molar-refractivity contribution in [3.63, 3.8) is 0 Å². The average molecular weight is 683 g/mol. The quantitative estimate of drug-likeness (QED) is 0.258. The molecule has 12 nitrogen and oxygen atoms in total. The van der Waals surface area contributed by atoms with Gasteiger partial charge in [-0.3, -0.25) is 0 Å². The van der Waals surface area contributed by atoms with E-state index in [-0.39, 0.29) is 60.5 Å². The second-order valence-corrected chi connectivity index (χ2v) is 15.8. The molecule has 260 valence electrons. The normalized spacial score (nSPS) is 24.7. The minimum Gasteiger partial charge on any atom is -0.445 e. The molecule has 48 heavy (non-hydrogen) atoms. The third-order valence-corrected chi connectivity index (χ3v) is 11.2. The molecule has 2 N–H and O–H groups in total. The number of aliphatic hydroxyl groups excluding tert-OH is 1. The fraction of sp³-hybridized carbons (Fsp3) is 0.543. The average Bonchev–Trinajstić information content (AvgIpc) is 3.75. The van der Waals surface area contributed by atoms with Gasteiger partial charge < -0.3 is 34.0 Å². The number of carbonyl (C=O) groups excluding carboxylic acids is 1. The van der Waals surface area contributed by atoms with Gasteiger partial charge >= 0.3 is 6.09 Å². The van der Waals surface area contributed by atoms with Gasteiger partial charge in [-0.05, 0) is 62.7 Å². The van der Waals surface area contributed by atoms with E-state index in [1.807, 2.05) is 63.2 Å². The van der Waals surface area contributed by atoms with Crippen LogP contribution >= 0.6 is 0 Å². The highest BCUT2D eigenvalue weighted by Crippen LogP contribution is 2.49. The molecular formula is C35H46N4O8S. The van der Waals surface area contributed by atoms with Gasteiger partial charge in [0, 0.05) is 36.4 Å². The number of amides is 1. The maximum absolute atomic E-state index is 14.0.